The minimum atomic E-state index is -0.579. The number of fused-ring (bicyclic) bond motifs is 1. The number of primary amides is 1. The van der Waals surface area contributed by atoms with Crippen LogP contribution >= 0.6 is 0 Å². The average molecular weight is 204 g/mol. The number of carbonyl (C=O) groups is 1. The Hall–Kier alpha value is -1.97. The van der Waals surface area contributed by atoms with E-state index in [0.717, 1.165) is 5.56 Å². The van der Waals surface area contributed by atoms with Crippen LogP contribution in [-0.2, 0) is 0 Å². The maximum Gasteiger partial charge on any atom is 0.267 e. The number of hydrogen-bond donors (Lipinski definition) is 1. The molecule has 76 valence electrons. The van der Waals surface area contributed by atoms with E-state index in [1.165, 1.54) is 18.2 Å². The van der Waals surface area contributed by atoms with Gasteiger partial charge in [0.1, 0.15) is 11.5 Å². The monoisotopic (exact) mass is 204 g/mol. The summed E-state index contributed by atoms with van der Waals surface area (Å²) in [5.41, 5.74) is 6.69. The third-order valence-corrected chi connectivity index (χ3v) is 2.23. The Morgan fingerprint density at radius 2 is 2.13 bits per heavy atom. The zero-order valence-corrected chi connectivity index (χ0v) is 8.12. The van der Waals surface area contributed by atoms with Gasteiger partial charge in [-0.3, -0.25) is 4.79 Å². The van der Waals surface area contributed by atoms with Crippen molar-refractivity contribution in [1.29, 1.82) is 0 Å². The second kappa shape index (κ2) is 3.31. The van der Waals surface area contributed by atoms with Gasteiger partial charge in [0.05, 0.1) is 5.52 Å². The van der Waals surface area contributed by atoms with Crippen LogP contribution in [0.2, 0.25) is 0 Å². The van der Waals surface area contributed by atoms with Gasteiger partial charge in [-0.25, -0.2) is 9.37 Å². The van der Waals surface area contributed by atoms with Crippen molar-refractivity contribution in [3.63, 3.8) is 0 Å². The Kier molecular flexibility index (Phi) is 2.11. The molecule has 1 heterocycles. The van der Waals surface area contributed by atoms with Crippen LogP contribution in [-0.4, -0.2) is 10.9 Å². The second-order valence-electron chi connectivity index (χ2n) is 3.35. The molecule has 0 atom stereocenters. The second-order valence-corrected chi connectivity index (χ2v) is 3.35. The lowest BCUT2D eigenvalue weighted by atomic mass is 10.1. The number of amides is 1. The summed E-state index contributed by atoms with van der Waals surface area (Å²) < 4.78 is 13.0. The molecule has 2 N–H and O–H groups in total. The van der Waals surface area contributed by atoms with Gasteiger partial charge in [-0.05, 0) is 36.8 Å². The van der Waals surface area contributed by atoms with Gasteiger partial charge in [0.25, 0.3) is 5.91 Å². The molecule has 0 aliphatic heterocycles. The van der Waals surface area contributed by atoms with Crippen molar-refractivity contribution in [3.05, 3.63) is 41.3 Å². The number of carbonyl (C=O) groups excluding carboxylic acids is 1. The molecule has 0 aliphatic rings. The number of aryl methyl sites for hydroxylation is 1. The first kappa shape index (κ1) is 9.58. The topological polar surface area (TPSA) is 56.0 Å². The summed E-state index contributed by atoms with van der Waals surface area (Å²) in [5, 5.41) is 0.694. The summed E-state index contributed by atoms with van der Waals surface area (Å²) in [6.07, 6.45) is 0. The first-order valence-electron chi connectivity index (χ1n) is 4.44. The molecule has 0 spiro atoms. The molecule has 1 aromatic carbocycles. The lowest BCUT2D eigenvalue weighted by molar-refractivity contribution is 0.0996. The molecule has 0 saturated carbocycles. The molecule has 2 aromatic rings. The Labute approximate surface area is 85.7 Å². The zero-order chi connectivity index (χ0) is 11.0. The fraction of sp³-hybridized carbons (Fsp3) is 0.0909. The molecule has 1 aromatic heterocycles. The minimum absolute atomic E-state index is 0.201. The van der Waals surface area contributed by atoms with Gasteiger partial charge in [-0.1, -0.05) is 0 Å². The van der Waals surface area contributed by atoms with Crippen molar-refractivity contribution in [1.82, 2.24) is 4.98 Å². The normalized spacial score (nSPS) is 10.5. The zero-order valence-electron chi connectivity index (χ0n) is 8.12. The van der Waals surface area contributed by atoms with Crippen LogP contribution in [0.1, 0.15) is 16.1 Å². The molecule has 2 rings (SSSR count). The fourth-order valence-electron chi connectivity index (χ4n) is 1.49. The van der Waals surface area contributed by atoms with E-state index in [0.29, 0.717) is 10.9 Å². The Bertz CT molecular complexity index is 552. The largest absolute Gasteiger partial charge is 0.364 e. The van der Waals surface area contributed by atoms with Gasteiger partial charge in [0.2, 0.25) is 0 Å². The smallest absolute Gasteiger partial charge is 0.267 e. The van der Waals surface area contributed by atoms with Gasteiger partial charge in [-0.15, -0.1) is 0 Å². The standard InChI is InChI=1S/C11H9FN2O/c1-6-4-10(11(13)15)14-9-3-2-7(12)5-8(6)9/h2-5H,1H3,(H2,13,15). The first-order valence-corrected chi connectivity index (χ1v) is 4.44. The SMILES string of the molecule is Cc1cc(C(N)=O)nc2ccc(F)cc12. The number of hydrogen-bond acceptors (Lipinski definition) is 2. The lowest BCUT2D eigenvalue weighted by Crippen LogP contribution is -2.13. The minimum Gasteiger partial charge on any atom is -0.364 e. The fourth-order valence-corrected chi connectivity index (χ4v) is 1.49. The molecule has 0 unspecified atom stereocenters. The summed E-state index contributed by atoms with van der Waals surface area (Å²) in [6, 6.07) is 5.79. The number of benzene rings is 1. The van der Waals surface area contributed by atoms with Crippen LogP contribution < -0.4 is 5.73 Å². The molecule has 1 amide bonds. The van der Waals surface area contributed by atoms with Crippen molar-refractivity contribution in [2.24, 2.45) is 5.73 Å². The Balaban J connectivity index is 2.78. The van der Waals surface area contributed by atoms with Crippen molar-refractivity contribution in [2.75, 3.05) is 0 Å². The highest BCUT2D eigenvalue weighted by Gasteiger charge is 2.07. The molecule has 0 saturated heterocycles. The predicted molar refractivity (Wildman–Crippen MR) is 55.0 cm³/mol. The molecule has 0 fully saturated rings. The third-order valence-electron chi connectivity index (χ3n) is 2.23. The van der Waals surface area contributed by atoms with E-state index in [4.69, 9.17) is 5.73 Å². The van der Waals surface area contributed by atoms with Crippen LogP contribution in [0, 0.1) is 12.7 Å². The summed E-state index contributed by atoms with van der Waals surface area (Å²) in [4.78, 5) is 15.0. The van der Waals surface area contributed by atoms with Gasteiger partial charge >= 0.3 is 0 Å². The molecule has 0 radical (unpaired) electrons. The molecule has 0 aliphatic carbocycles. The number of halogens is 1. The third kappa shape index (κ3) is 1.66. The van der Waals surface area contributed by atoms with Crippen molar-refractivity contribution < 1.29 is 9.18 Å². The van der Waals surface area contributed by atoms with Gasteiger partial charge < -0.3 is 5.73 Å². The maximum atomic E-state index is 13.0. The van der Waals surface area contributed by atoms with Gasteiger partial charge in [0, 0.05) is 5.39 Å². The molecular formula is C11H9FN2O. The number of pyridine rings is 1. The van der Waals surface area contributed by atoms with Crippen molar-refractivity contribution in [2.45, 2.75) is 6.92 Å². The average Bonchev–Trinajstić information content (AvgIpc) is 2.18. The van der Waals surface area contributed by atoms with E-state index >= 15 is 0 Å². The molecule has 4 heteroatoms. The molecule has 0 bridgehead atoms. The summed E-state index contributed by atoms with van der Waals surface area (Å²) >= 11 is 0. The number of aromatic nitrogens is 1. The van der Waals surface area contributed by atoms with E-state index < -0.39 is 5.91 Å². The maximum absolute atomic E-state index is 13.0. The quantitative estimate of drug-likeness (QED) is 0.769. The number of rotatable bonds is 1. The van der Waals surface area contributed by atoms with E-state index in [1.807, 2.05) is 0 Å². The Morgan fingerprint density at radius 3 is 2.80 bits per heavy atom. The van der Waals surface area contributed by atoms with Crippen molar-refractivity contribution >= 4 is 16.8 Å². The van der Waals surface area contributed by atoms with E-state index in [2.05, 4.69) is 4.98 Å². The Morgan fingerprint density at radius 1 is 1.40 bits per heavy atom. The van der Waals surface area contributed by atoms with E-state index in [9.17, 15) is 9.18 Å². The number of nitrogens with zero attached hydrogens (tertiary/aromatic N) is 1. The highest BCUT2D eigenvalue weighted by Crippen LogP contribution is 2.18. The van der Waals surface area contributed by atoms with Gasteiger partial charge in [0.15, 0.2) is 0 Å². The summed E-state index contributed by atoms with van der Waals surface area (Å²) in [5.74, 6) is -0.899. The summed E-state index contributed by atoms with van der Waals surface area (Å²) in [7, 11) is 0. The van der Waals surface area contributed by atoms with Crippen LogP contribution in [0.5, 0.6) is 0 Å². The predicted octanol–water partition coefficient (Wildman–Crippen LogP) is 1.78. The number of nitrogens with two attached hydrogens (primary N) is 1. The molecule has 3 nitrogen and oxygen atoms in total. The molecule has 15 heavy (non-hydrogen) atoms. The highest BCUT2D eigenvalue weighted by atomic mass is 19.1. The summed E-state index contributed by atoms with van der Waals surface area (Å²) in [6.45, 7) is 1.79. The van der Waals surface area contributed by atoms with E-state index in [1.54, 1.807) is 13.0 Å². The first-order chi connectivity index (χ1) is 7.08. The van der Waals surface area contributed by atoms with Gasteiger partial charge in [-0.2, -0.15) is 0 Å². The molecular weight excluding hydrogens is 195 g/mol. The lowest BCUT2D eigenvalue weighted by Gasteiger charge is -2.03. The van der Waals surface area contributed by atoms with E-state index in [-0.39, 0.29) is 11.5 Å². The van der Waals surface area contributed by atoms with Crippen molar-refractivity contribution in [3.8, 4) is 0 Å². The van der Waals surface area contributed by atoms with Crippen LogP contribution in [0.15, 0.2) is 24.3 Å². The van der Waals surface area contributed by atoms with Crippen LogP contribution in [0.3, 0.4) is 0 Å². The van der Waals surface area contributed by atoms with Crippen LogP contribution in [0.25, 0.3) is 10.9 Å². The van der Waals surface area contributed by atoms with Crippen LogP contribution in [0.4, 0.5) is 4.39 Å². The highest BCUT2D eigenvalue weighted by molar-refractivity contribution is 5.94.